The number of carbonyl (C=O) groups is 1. The number of nitrogens with one attached hydrogen (secondary N) is 1. The third-order valence-corrected chi connectivity index (χ3v) is 4.92. The van der Waals surface area contributed by atoms with E-state index in [1.54, 1.807) is 0 Å². The van der Waals surface area contributed by atoms with Gasteiger partial charge >= 0.3 is 0 Å². The summed E-state index contributed by atoms with van der Waals surface area (Å²) in [4.78, 5) is 16.8. The minimum absolute atomic E-state index is 0.000261. The molecule has 28 heavy (non-hydrogen) atoms. The number of benzene rings is 2. The first-order valence-electron chi connectivity index (χ1n) is 9.72. The Labute approximate surface area is 166 Å². The van der Waals surface area contributed by atoms with E-state index in [1.807, 2.05) is 51.4 Å². The molecule has 1 heterocycles. The van der Waals surface area contributed by atoms with Crippen molar-refractivity contribution in [3.8, 4) is 0 Å². The zero-order chi connectivity index (χ0) is 20.1. The Hall–Kier alpha value is -2.79. The number of carbonyl (C=O) groups excluding carboxylic acids is 1. The van der Waals surface area contributed by atoms with Crippen LogP contribution in [0.15, 0.2) is 59.0 Å². The number of hydrogen-bond donors (Lipinski definition) is 1. The number of para-hydroxylation sites is 1. The topological polar surface area (TPSA) is 48.7 Å². The first-order chi connectivity index (χ1) is 13.5. The van der Waals surface area contributed by atoms with Crippen LogP contribution in [-0.4, -0.2) is 38.0 Å². The molecule has 3 aromatic rings. The van der Waals surface area contributed by atoms with Crippen LogP contribution in [0.2, 0.25) is 0 Å². The van der Waals surface area contributed by atoms with E-state index in [0.29, 0.717) is 6.54 Å². The van der Waals surface area contributed by atoms with E-state index in [2.05, 4.69) is 46.3 Å². The zero-order valence-corrected chi connectivity index (χ0v) is 17.1. The molecular weight excluding hydrogens is 350 g/mol. The second kappa shape index (κ2) is 8.93. The van der Waals surface area contributed by atoms with Crippen molar-refractivity contribution < 1.29 is 9.21 Å². The predicted octanol–water partition coefficient (Wildman–Crippen LogP) is 4.20. The van der Waals surface area contributed by atoms with Crippen LogP contribution in [0.25, 0.3) is 11.0 Å². The molecule has 5 heteroatoms. The summed E-state index contributed by atoms with van der Waals surface area (Å²) in [7, 11) is 4.06. The summed E-state index contributed by atoms with van der Waals surface area (Å²) in [6.45, 7) is 5.94. The lowest BCUT2D eigenvalue weighted by atomic mass is 10.2. The van der Waals surface area contributed by atoms with Gasteiger partial charge in [-0.1, -0.05) is 37.3 Å². The maximum Gasteiger partial charge on any atom is 0.234 e. The summed E-state index contributed by atoms with van der Waals surface area (Å²) < 4.78 is 5.86. The van der Waals surface area contributed by atoms with Gasteiger partial charge in [0.15, 0.2) is 0 Å². The average molecular weight is 380 g/mol. The fourth-order valence-corrected chi connectivity index (χ4v) is 3.21. The molecule has 148 valence electrons. The molecule has 1 N–H and O–H groups in total. The largest absolute Gasteiger partial charge is 0.459 e. The van der Waals surface area contributed by atoms with E-state index in [0.717, 1.165) is 29.8 Å². The van der Waals surface area contributed by atoms with Crippen LogP contribution in [0.5, 0.6) is 0 Å². The smallest absolute Gasteiger partial charge is 0.234 e. The van der Waals surface area contributed by atoms with E-state index in [-0.39, 0.29) is 11.9 Å². The molecule has 0 aliphatic rings. The van der Waals surface area contributed by atoms with E-state index in [4.69, 9.17) is 4.42 Å². The number of furan rings is 1. The highest BCUT2D eigenvalue weighted by atomic mass is 16.3. The molecule has 0 radical (unpaired) electrons. The number of anilines is 1. The van der Waals surface area contributed by atoms with Crippen molar-refractivity contribution in [2.45, 2.75) is 26.4 Å². The molecule has 1 atom stereocenters. The van der Waals surface area contributed by atoms with Crippen LogP contribution in [0.4, 0.5) is 5.69 Å². The van der Waals surface area contributed by atoms with Crippen LogP contribution < -0.4 is 10.2 Å². The number of likely N-dealkylation sites (N-methyl/N-ethyl adjacent to an activating group) is 1. The molecule has 2 aromatic carbocycles. The van der Waals surface area contributed by atoms with Crippen molar-refractivity contribution in [1.82, 2.24) is 10.2 Å². The molecule has 0 saturated heterocycles. The molecule has 0 fully saturated rings. The fraction of sp³-hybridized carbons (Fsp3) is 0.348. The number of hydrogen-bond acceptors (Lipinski definition) is 4. The number of rotatable bonds is 8. The number of amides is 1. The van der Waals surface area contributed by atoms with Gasteiger partial charge in [0.05, 0.1) is 12.6 Å². The highest BCUT2D eigenvalue weighted by Crippen LogP contribution is 2.23. The van der Waals surface area contributed by atoms with Gasteiger partial charge < -0.3 is 14.6 Å². The summed E-state index contributed by atoms with van der Waals surface area (Å²) in [6.07, 6.45) is 0. The molecule has 0 saturated carbocycles. The van der Waals surface area contributed by atoms with E-state index in [1.165, 1.54) is 11.3 Å². The van der Waals surface area contributed by atoms with Crippen LogP contribution in [0.1, 0.15) is 31.2 Å². The Bertz CT molecular complexity index is 882. The molecule has 5 nitrogen and oxygen atoms in total. The molecule has 0 aliphatic heterocycles. The van der Waals surface area contributed by atoms with Gasteiger partial charge in [0, 0.05) is 31.7 Å². The molecule has 0 unspecified atom stereocenters. The third kappa shape index (κ3) is 4.93. The monoisotopic (exact) mass is 379 g/mol. The summed E-state index contributed by atoms with van der Waals surface area (Å²) in [5.74, 6) is 0.775. The van der Waals surface area contributed by atoms with Gasteiger partial charge in [-0.05, 0) is 43.3 Å². The normalized spacial score (nSPS) is 12.3. The summed E-state index contributed by atoms with van der Waals surface area (Å²) in [5.41, 5.74) is 3.21. The van der Waals surface area contributed by atoms with Crippen LogP contribution in [0.3, 0.4) is 0 Å². The molecule has 0 spiro atoms. The van der Waals surface area contributed by atoms with Crippen molar-refractivity contribution in [2.75, 3.05) is 32.1 Å². The van der Waals surface area contributed by atoms with Crippen LogP contribution in [0, 0.1) is 0 Å². The van der Waals surface area contributed by atoms with E-state index < -0.39 is 0 Å². The van der Waals surface area contributed by atoms with Crippen LogP contribution in [-0.2, 0) is 11.3 Å². The minimum Gasteiger partial charge on any atom is -0.459 e. The summed E-state index contributed by atoms with van der Waals surface area (Å²) in [5, 5.41) is 4.10. The first-order valence-corrected chi connectivity index (χ1v) is 9.72. The minimum atomic E-state index is -0.169. The van der Waals surface area contributed by atoms with Crippen LogP contribution >= 0.6 is 0 Å². The van der Waals surface area contributed by atoms with E-state index in [9.17, 15) is 4.79 Å². The Kier molecular flexibility index (Phi) is 6.37. The predicted molar refractivity (Wildman–Crippen MR) is 114 cm³/mol. The maximum absolute atomic E-state index is 12.5. The lowest BCUT2D eigenvalue weighted by molar-refractivity contribution is -0.123. The maximum atomic E-state index is 12.5. The van der Waals surface area contributed by atoms with Crippen molar-refractivity contribution in [3.05, 3.63) is 65.9 Å². The SMILES string of the molecule is CCN(CC(=O)N[C@H](C)c1cc2ccccc2o1)Cc1ccc(N(C)C)cc1. The van der Waals surface area contributed by atoms with Gasteiger partial charge in [0.1, 0.15) is 11.3 Å². The summed E-state index contributed by atoms with van der Waals surface area (Å²) in [6, 6.07) is 18.1. The molecule has 0 aliphatic carbocycles. The molecule has 0 bridgehead atoms. The third-order valence-electron chi connectivity index (χ3n) is 4.92. The van der Waals surface area contributed by atoms with Gasteiger partial charge in [-0.25, -0.2) is 0 Å². The van der Waals surface area contributed by atoms with Crippen molar-refractivity contribution in [1.29, 1.82) is 0 Å². The van der Waals surface area contributed by atoms with Gasteiger partial charge in [0.2, 0.25) is 5.91 Å². The lowest BCUT2D eigenvalue weighted by Crippen LogP contribution is -2.37. The fourth-order valence-electron chi connectivity index (χ4n) is 3.21. The Balaban J connectivity index is 1.57. The summed E-state index contributed by atoms with van der Waals surface area (Å²) >= 11 is 0. The first kappa shape index (κ1) is 20.0. The lowest BCUT2D eigenvalue weighted by Gasteiger charge is -2.21. The van der Waals surface area contributed by atoms with E-state index >= 15 is 0 Å². The average Bonchev–Trinajstić information content (AvgIpc) is 3.12. The van der Waals surface area contributed by atoms with Crippen molar-refractivity contribution >= 4 is 22.6 Å². The second-order valence-electron chi connectivity index (χ2n) is 7.34. The second-order valence-corrected chi connectivity index (χ2v) is 7.34. The number of fused-ring (bicyclic) bond motifs is 1. The van der Waals surface area contributed by atoms with Crippen molar-refractivity contribution in [3.63, 3.8) is 0 Å². The molecule has 3 rings (SSSR count). The van der Waals surface area contributed by atoms with Gasteiger partial charge in [0.25, 0.3) is 0 Å². The standard InChI is InChI=1S/C23H29N3O2/c1-5-26(15-18-10-12-20(13-11-18)25(3)4)16-23(27)24-17(2)22-14-19-8-6-7-9-21(19)28-22/h6-14,17H,5,15-16H2,1-4H3,(H,24,27)/t17-/m1/s1. The van der Waals surface area contributed by atoms with Gasteiger partial charge in [-0.2, -0.15) is 0 Å². The van der Waals surface area contributed by atoms with Gasteiger partial charge in [-0.3, -0.25) is 9.69 Å². The quantitative estimate of drug-likeness (QED) is 0.637. The highest BCUT2D eigenvalue weighted by Gasteiger charge is 2.16. The Morgan fingerprint density at radius 3 is 2.46 bits per heavy atom. The zero-order valence-electron chi connectivity index (χ0n) is 17.1. The Morgan fingerprint density at radius 1 is 1.11 bits per heavy atom. The molecule has 1 amide bonds. The Morgan fingerprint density at radius 2 is 1.82 bits per heavy atom. The number of nitrogens with zero attached hydrogens (tertiary/aromatic N) is 2. The van der Waals surface area contributed by atoms with Crippen molar-refractivity contribution in [2.24, 2.45) is 0 Å². The van der Waals surface area contributed by atoms with Gasteiger partial charge in [-0.15, -0.1) is 0 Å². The molecule has 1 aromatic heterocycles. The highest BCUT2D eigenvalue weighted by molar-refractivity contribution is 5.80. The molecular formula is C23H29N3O2.